The van der Waals surface area contributed by atoms with Crippen molar-refractivity contribution >= 4 is 29.2 Å². The second-order valence-electron chi connectivity index (χ2n) is 7.31. The summed E-state index contributed by atoms with van der Waals surface area (Å²) < 4.78 is 10.6. The zero-order valence-corrected chi connectivity index (χ0v) is 17.2. The third kappa shape index (κ3) is 5.04. The van der Waals surface area contributed by atoms with Crippen LogP contribution in [0.2, 0.25) is 0 Å². The maximum Gasteiger partial charge on any atom is 0.339 e. The number of amides is 1. The molecule has 3 aromatic rings. The molecule has 166 valence electrons. The first-order valence-electron chi connectivity index (χ1n) is 10.0. The van der Waals surface area contributed by atoms with Crippen LogP contribution >= 0.6 is 0 Å². The van der Waals surface area contributed by atoms with Gasteiger partial charge >= 0.3 is 11.9 Å². The Hall–Kier alpha value is -4.53. The van der Waals surface area contributed by atoms with Gasteiger partial charge in [0.2, 0.25) is 0 Å². The van der Waals surface area contributed by atoms with Crippen LogP contribution in [0, 0.1) is 10.1 Å². The Kier molecular flexibility index (Phi) is 6.12. The lowest BCUT2D eigenvalue weighted by Gasteiger charge is -2.25. The van der Waals surface area contributed by atoms with E-state index in [1.807, 2.05) is 30.3 Å². The molecule has 1 aliphatic rings. The number of carbonyl (C=O) groups is 3. The van der Waals surface area contributed by atoms with Crippen molar-refractivity contribution in [1.82, 2.24) is 0 Å². The highest BCUT2D eigenvalue weighted by atomic mass is 16.6. The normalized spacial score (nSPS) is 14.5. The number of nitro benzene ring substituents is 1. The summed E-state index contributed by atoms with van der Waals surface area (Å²) in [6.45, 7) is -0.540. The van der Waals surface area contributed by atoms with Crippen LogP contribution in [-0.2, 0) is 20.7 Å². The smallest absolute Gasteiger partial charge is 0.339 e. The molecule has 0 aliphatic carbocycles. The first kappa shape index (κ1) is 21.7. The molecule has 1 N–H and O–H groups in total. The van der Waals surface area contributed by atoms with E-state index >= 15 is 0 Å². The topological polar surface area (TPSA) is 125 Å². The number of hydrogen-bond acceptors (Lipinski definition) is 7. The van der Waals surface area contributed by atoms with Crippen LogP contribution < -0.4 is 5.32 Å². The molecule has 9 heteroatoms. The molecule has 0 saturated heterocycles. The van der Waals surface area contributed by atoms with Crippen LogP contribution in [0.1, 0.15) is 37.9 Å². The first-order chi connectivity index (χ1) is 15.9. The Morgan fingerprint density at radius 3 is 2.48 bits per heavy atom. The minimum absolute atomic E-state index is 0.106. The SMILES string of the molecule is O=C(COC(=O)c1ccc2c(c1)CC(c1ccccc1)OC2=O)Nc1ccc([N+](=O)[O-])cc1. The fourth-order valence-corrected chi connectivity index (χ4v) is 3.45. The Morgan fingerprint density at radius 2 is 1.79 bits per heavy atom. The number of rotatable bonds is 6. The number of benzene rings is 3. The van der Waals surface area contributed by atoms with Gasteiger partial charge in [-0.2, -0.15) is 0 Å². The van der Waals surface area contributed by atoms with Gasteiger partial charge in [-0.3, -0.25) is 14.9 Å². The van der Waals surface area contributed by atoms with Crippen molar-refractivity contribution in [3.05, 3.63) is 105 Å². The van der Waals surface area contributed by atoms with Gasteiger partial charge in [0.15, 0.2) is 6.61 Å². The molecule has 1 heterocycles. The second-order valence-corrected chi connectivity index (χ2v) is 7.31. The lowest BCUT2D eigenvalue weighted by atomic mass is 9.93. The van der Waals surface area contributed by atoms with Gasteiger partial charge < -0.3 is 14.8 Å². The third-order valence-electron chi connectivity index (χ3n) is 5.08. The summed E-state index contributed by atoms with van der Waals surface area (Å²) in [5, 5.41) is 13.2. The van der Waals surface area contributed by atoms with Crippen LogP contribution in [0.4, 0.5) is 11.4 Å². The molecular formula is C24H18N2O7. The Bertz CT molecular complexity index is 1220. The summed E-state index contributed by atoms with van der Waals surface area (Å²) in [5.41, 5.74) is 2.33. The van der Waals surface area contributed by atoms with Crippen molar-refractivity contribution in [2.24, 2.45) is 0 Å². The maximum absolute atomic E-state index is 12.4. The molecule has 0 radical (unpaired) electrons. The zero-order chi connectivity index (χ0) is 23.4. The van der Waals surface area contributed by atoms with E-state index in [1.54, 1.807) is 6.07 Å². The number of cyclic esters (lactones) is 1. The molecule has 0 spiro atoms. The van der Waals surface area contributed by atoms with Crippen molar-refractivity contribution in [3.8, 4) is 0 Å². The first-order valence-corrected chi connectivity index (χ1v) is 10.0. The fraction of sp³-hybridized carbons (Fsp3) is 0.125. The summed E-state index contributed by atoms with van der Waals surface area (Å²) in [6.07, 6.45) is -0.0442. The van der Waals surface area contributed by atoms with Crippen LogP contribution in [0.3, 0.4) is 0 Å². The summed E-state index contributed by atoms with van der Waals surface area (Å²) in [4.78, 5) is 47.0. The van der Waals surface area contributed by atoms with E-state index in [4.69, 9.17) is 9.47 Å². The second kappa shape index (κ2) is 9.31. The number of ether oxygens (including phenoxy) is 2. The van der Waals surface area contributed by atoms with Crippen molar-refractivity contribution < 1.29 is 28.8 Å². The molecule has 1 aliphatic heterocycles. The quantitative estimate of drug-likeness (QED) is 0.346. The van der Waals surface area contributed by atoms with Gasteiger partial charge in [-0.1, -0.05) is 30.3 Å². The van der Waals surface area contributed by atoms with Gasteiger partial charge in [0.25, 0.3) is 11.6 Å². The van der Waals surface area contributed by atoms with Crippen LogP contribution in [-0.4, -0.2) is 29.4 Å². The highest BCUT2D eigenvalue weighted by molar-refractivity contribution is 5.97. The molecule has 0 aromatic heterocycles. The average molecular weight is 446 g/mol. The maximum atomic E-state index is 12.4. The van der Waals surface area contributed by atoms with Crippen molar-refractivity contribution in [2.45, 2.75) is 12.5 Å². The lowest BCUT2D eigenvalue weighted by Crippen LogP contribution is -2.23. The van der Waals surface area contributed by atoms with Crippen LogP contribution in [0.25, 0.3) is 0 Å². The van der Waals surface area contributed by atoms with E-state index in [1.165, 1.54) is 36.4 Å². The molecule has 0 saturated carbocycles. The molecule has 0 fully saturated rings. The van der Waals surface area contributed by atoms with E-state index in [-0.39, 0.29) is 11.3 Å². The standard InChI is InChI=1S/C24H18N2O7/c27-22(25-18-7-9-19(10-8-18)26(30)31)14-32-23(28)16-6-11-20-17(12-16)13-21(33-24(20)29)15-4-2-1-3-5-15/h1-12,21H,13-14H2,(H,25,27). The molecule has 1 unspecified atom stereocenters. The molecule has 0 bridgehead atoms. The van der Waals surface area contributed by atoms with E-state index in [0.717, 1.165) is 5.56 Å². The molecular weight excluding hydrogens is 428 g/mol. The number of carbonyl (C=O) groups excluding carboxylic acids is 3. The highest BCUT2D eigenvalue weighted by Gasteiger charge is 2.28. The van der Waals surface area contributed by atoms with Crippen molar-refractivity contribution in [2.75, 3.05) is 11.9 Å². The number of esters is 2. The van der Waals surface area contributed by atoms with E-state index in [9.17, 15) is 24.5 Å². The van der Waals surface area contributed by atoms with Gasteiger partial charge in [0.05, 0.1) is 16.1 Å². The number of fused-ring (bicyclic) bond motifs is 1. The molecule has 9 nitrogen and oxygen atoms in total. The predicted octanol–water partition coefficient (Wildman–Crippen LogP) is 3.84. The summed E-state index contributed by atoms with van der Waals surface area (Å²) >= 11 is 0. The van der Waals surface area contributed by atoms with Gasteiger partial charge in [-0.15, -0.1) is 0 Å². The average Bonchev–Trinajstić information content (AvgIpc) is 2.83. The molecule has 4 rings (SSSR count). The van der Waals surface area contributed by atoms with E-state index in [2.05, 4.69) is 5.32 Å². The third-order valence-corrected chi connectivity index (χ3v) is 5.08. The Balaban J connectivity index is 1.38. The minimum atomic E-state index is -0.716. The van der Waals surface area contributed by atoms with Crippen molar-refractivity contribution in [1.29, 1.82) is 0 Å². The summed E-state index contributed by atoms with van der Waals surface area (Å²) in [5.74, 6) is -1.78. The van der Waals surface area contributed by atoms with Crippen LogP contribution in [0.15, 0.2) is 72.8 Å². The van der Waals surface area contributed by atoms with Gasteiger partial charge in [-0.25, -0.2) is 9.59 Å². The predicted molar refractivity (Wildman–Crippen MR) is 117 cm³/mol. The number of nitro groups is 1. The molecule has 33 heavy (non-hydrogen) atoms. The Labute approximate surface area is 188 Å². The summed E-state index contributed by atoms with van der Waals surface area (Å²) in [7, 11) is 0. The molecule has 1 amide bonds. The molecule has 3 aromatic carbocycles. The number of nitrogens with one attached hydrogen (secondary N) is 1. The van der Waals surface area contributed by atoms with Gasteiger partial charge in [0.1, 0.15) is 6.10 Å². The Morgan fingerprint density at radius 1 is 1.06 bits per heavy atom. The van der Waals surface area contributed by atoms with E-state index < -0.39 is 35.5 Å². The number of nitrogens with zero attached hydrogens (tertiary/aromatic N) is 1. The number of non-ortho nitro benzene ring substituents is 1. The monoisotopic (exact) mass is 446 g/mol. The fourth-order valence-electron chi connectivity index (χ4n) is 3.45. The van der Waals surface area contributed by atoms with Crippen molar-refractivity contribution in [3.63, 3.8) is 0 Å². The van der Waals surface area contributed by atoms with E-state index in [0.29, 0.717) is 23.2 Å². The highest BCUT2D eigenvalue weighted by Crippen LogP contribution is 2.31. The number of anilines is 1. The van der Waals surface area contributed by atoms with Crippen LogP contribution in [0.5, 0.6) is 0 Å². The largest absolute Gasteiger partial charge is 0.454 e. The summed E-state index contributed by atoms with van der Waals surface area (Å²) in [6, 6.07) is 19.1. The zero-order valence-electron chi connectivity index (χ0n) is 17.2. The van der Waals surface area contributed by atoms with Gasteiger partial charge in [0, 0.05) is 24.2 Å². The molecule has 1 atom stereocenters. The lowest BCUT2D eigenvalue weighted by molar-refractivity contribution is -0.384. The van der Waals surface area contributed by atoms with Gasteiger partial charge in [-0.05, 0) is 41.5 Å². The number of hydrogen-bond donors (Lipinski definition) is 1. The minimum Gasteiger partial charge on any atom is -0.454 e.